The average Bonchev–Trinajstić information content (AvgIpc) is 3.00. The number of aromatic nitrogens is 1. The number of amides is 3. The van der Waals surface area contributed by atoms with E-state index in [0.717, 1.165) is 16.0 Å². The molecule has 130 valence electrons. The van der Waals surface area contributed by atoms with E-state index in [1.807, 2.05) is 6.92 Å². The van der Waals surface area contributed by atoms with Crippen LogP contribution in [0.3, 0.4) is 0 Å². The molecule has 0 radical (unpaired) electrons. The second kappa shape index (κ2) is 6.16. The molecule has 1 aliphatic rings. The first kappa shape index (κ1) is 16.9. The third-order valence-corrected chi connectivity index (χ3v) is 4.42. The molecule has 0 unspecified atom stereocenters. The second-order valence-corrected chi connectivity index (χ2v) is 6.30. The molecule has 1 aliphatic heterocycles. The fourth-order valence-electron chi connectivity index (χ4n) is 2.86. The molecule has 7 heteroatoms. The van der Waals surface area contributed by atoms with Crippen molar-refractivity contribution in [1.29, 1.82) is 0 Å². The van der Waals surface area contributed by atoms with Crippen LogP contribution >= 0.6 is 0 Å². The van der Waals surface area contributed by atoms with Crippen LogP contribution in [0.5, 0.6) is 0 Å². The number of fused-ring (bicyclic) bond motifs is 1. The molecule has 2 heterocycles. The van der Waals surface area contributed by atoms with Crippen LogP contribution in [0.2, 0.25) is 0 Å². The quantitative estimate of drug-likeness (QED) is 0.793. The number of benzene rings is 1. The second-order valence-electron chi connectivity index (χ2n) is 6.30. The van der Waals surface area contributed by atoms with Crippen LogP contribution in [0, 0.1) is 20.8 Å². The summed E-state index contributed by atoms with van der Waals surface area (Å²) in [6.45, 7) is 5.45. The van der Waals surface area contributed by atoms with Crippen LogP contribution in [0.25, 0.3) is 0 Å². The highest BCUT2D eigenvalue weighted by molar-refractivity contribution is 6.22. The summed E-state index contributed by atoms with van der Waals surface area (Å²) < 4.78 is 5.09. The van der Waals surface area contributed by atoms with Crippen molar-refractivity contribution in [3.05, 3.63) is 51.9 Å². The van der Waals surface area contributed by atoms with E-state index >= 15 is 0 Å². The van der Waals surface area contributed by atoms with E-state index < -0.39 is 11.8 Å². The van der Waals surface area contributed by atoms with Gasteiger partial charge < -0.3 is 9.42 Å². The molecule has 3 rings (SSSR count). The van der Waals surface area contributed by atoms with Crippen LogP contribution in [0.4, 0.5) is 0 Å². The van der Waals surface area contributed by atoms with Crippen molar-refractivity contribution in [2.75, 3.05) is 13.6 Å². The maximum atomic E-state index is 12.5. The zero-order valence-electron chi connectivity index (χ0n) is 14.6. The van der Waals surface area contributed by atoms with Gasteiger partial charge in [-0.15, -0.1) is 0 Å². The number of aryl methyl sites for hydroxylation is 3. The van der Waals surface area contributed by atoms with Gasteiger partial charge in [-0.25, -0.2) is 0 Å². The predicted molar refractivity (Wildman–Crippen MR) is 89.0 cm³/mol. The molecule has 0 aliphatic carbocycles. The first-order valence-corrected chi connectivity index (χ1v) is 7.92. The summed E-state index contributed by atoms with van der Waals surface area (Å²) in [6.07, 6.45) is 0. The number of hydrogen-bond acceptors (Lipinski definition) is 5. The zero-order chi connectivity index (χ0) is 18.3. The highest BCUT2D eigenvalue weighted by atomic mass is 16.5. The molecule has 0 bridgehead atoms. The number of hydrogen-bond donors (Lipinski definition) is 0. The third-order valence-electron chi connectivity index (χ3n) is 4.42. The van der Waals surface area contributed by atoms with E-state index in [-0.39, 0.29) is 12.5 Å². The van der Waals surface area contributed by atoms with Crippen molar-refractivity contribution in [2.45, 2.75) is 27.3 Å². The lowest BCUT2D eigenvalue weighted by Gasteiger charge is -2.20. The largest absolute Gasteiger partial charge is 0.361 e. The highest BCUT2D eigenvalue weighted by Crippen LogP contribution is 2.24. The van der Waals surface area contributed by atoms with Gasteiger partial charge in [-0.05, 0) is 32.9 Å². The first-order valence-electron chi connectivity index (χ1n) is 7.92. The zero-order valence-corrected chi connectivity index (χ0v) is 14.6. The maximum Gasteiger partial charge on any atom is 0.262 e. The Labute approximate surface area is 145 Å². The standard InChI is InChI=1S/C18H19N3O4/c1-10-5-6-13-14(7-10)18(24)21(17(13)23)9-16(22)20(4)8-15-11(2)19-25-12(15)3/h5-7H,8-9H2,1-4H3. The number of carbonyl (C=O) groups excluding carboxylic acids is 3. The van der Waals surface area contributed by atoms with Crippen molar-refractivity contribution in [2.24, 2.45) is 0 Å². The fourth-order valence-corrected chi connectivity index (χ4v) is 2.86. The molecule has 0 spiro atoms. The van der Waals surface area contributed by atoms with Crippen LogP contribution in [-0.2, 0) is 11.3 Å². The van der Waals surface area contributed by atoms with Gasteiger partial charge in [-0.1, -0.05) is 16.8 Å². The minimum atomic E-state index is -0.431. The molecule has 1 aromatic carbocycles. The van der Waals surface area contributed by atoms with Gasteiger partial charge >= 0.3 is 0 Å². The molecule has 0 N–H and O–H groups in total. The normalized spacial score (nSPS) is 13.4. The Hall–Kier alpha value is -2.96. The Kier molecular flexibility index (Phi) is 4.16. The van der Waals surface area contributed by atoms with Crippen molar-refractivity contribution in [1.82, 2.24) is 15.0 Å². The third kappa shape index (κ3) is 2.93. The van der Waals surface area contributed by atoms with Crippen LogP contribution in [0.1, 0.15) is 43.3 Å². The van der Waals surface area contributed by atoms with Crippen LogP contribution in [-0.4, -0.2) is 46.3 Å². The van der Waals surface area contributed by atoms with Gasteiger partial charge in [0.1, 0.15) is 12.3 Å². The fraction of sp³-hybridized carbons (Fsp3) is 0.333. The summed E-state index contributed by atoms with van der Waals surface area (Å²) in [5.74, 6) is -0.540. The summed E-state index contributed by atoms with van der Waals surface area (Å²) in [4.78, 5) is 39.8. The maximum absolute atomic E-state index is 12.5. The monoisotopic (exact) mass is 341 g/mol. The van der Waals surface area contributed by atoms with Crippen molar-refractivity contribution < 1.29 is 18.9 Å². The lowest BCUT2D eigenvalue weighted by molar-refractivity contribution is -0.130. The molecular formula is C18H19N3O4. The predicted octanol–water partition coefficient (Wildman–Crippen LogP) is 1.85. The summed E-state index contributed by atoms with van der Waals surface area (Å²) in [5, 5.41) is 3.86. The van der Waals surface area contributed by atoms with E-state index in [4.69, 9.17) is 4.52 Å². The minimum absolute atomic E-state index is 0.286. The molecule has 25 heavy (non-hydrogen) atoms. The number of likely N-dealkylation sites (N-methyl/N-ethyl adjacent to an activating group) is 1. The Balaban J connectivity index is 1.73. The SMILES string of the molecule is Cc1ccc2c(c1)C(=O)N(CC(=O)N(C)Cc1c(C)noc1C)C2=O. The van der Waals surface area contributed by atoms with Gasteiger partial charge in [0.05, 0.1) is 23.4 Å². The van der Waals surface area contributed by atoms with Crippen molar-refractivity contribution in [3.63, 3.8) is 0 Å². The molecular weight excluding hydrogens is 322 g/mol. The topological polar surface area (TPSA) is 83.7 Å². The summed E-state index contributed by atoms with van der Waals surface area (Å²) >= 11 is 0. The van der Waals surface area contributed by atoms with Gasteiger partial charge in [-0.2, -0.15) is 0 Å². The Morgan fingerprint density at radius 3 is 2.48 bits per heavy atom. The molecule has 0 saturated carbocycles. The molecule has 0 atom stereocenters. The van der Waals surface area contributed by atoms with Gasteiger partial charge in [0.15, 0.2) is 0 Å². The number of rotatable bonds is 4. The average molecular weight is 341 g/mol. The molecule has 0 saturated heterocycles. The molecule has 0 fully saturated rings. The first-order chi connectivity index (χ1) is 11.8. The van der Waals surface area contributed by atoms with Gasteiger partial charge in [0.2, 0.25) is 5.91 Å². The summed E-state index contributed by atoms with van der Waals surface area (Å²) in [5.41, 5.74) is 3.13. The van der Waals surface area contributed by atoms with E-state index in [0.29, 0.717) is 29.1 Å². The van der Waals surface area contributed by atoms with E-state index in [1.54, 1.807) is 39.1 Å². The molecule has 7 nitrogen and oxygen atoms in total. The van der Waals surface area contributed by atoms with Crippen LogP contribution in [0.15, 0.2) is 22.7 Å². The lowest BCUT2D eigenvalue weighted by Crippen LogP contribution is -2.41. The Morgan fingerprint density at radius 2 is 1.84 bits per heavy atom. The van der Waals surface area contributed by atoms with Crippen molar-refractivity contribution in [3.8, 4) is 0 Å². The Morgan fingerprint density at radius 1 is 1.16 bits per heavy atom. The van der Waals surface area contributed by atoms with E-state index in [2.05, 4.69) is 5.16 Å². The molecule has 1 aromatic heterocycles. The van der Waals surface area contributed by atoms with Gasteiger partial charge in [0.25, 0.3) is 11.8 Å². The number of carbonyl (C=O) groups is 3. The summed E-state index contributed by atoms with van der Waals surface area (Å²) in [7, 11) is 1.62. The Bertz CT molecular complexity index is 865. The van der Waals surface area contributed by atoms with E-state index in [9.17, 15) is 14.4 Å². The molecule has 2 aromatic rings. The number of imide groups is 1. The summed E-state index contributed by atoms with van der Waals surface area (Å²) in [6, 6.07) is 5.08. The van der Waals surface area contributed by atoms with Gasteiger partial charge in [-0.3, -0.25) is 19.3 Å². The van der Waals surface area contributed by atoms with E-state index in [1.165, 1.54) is 4.90 Å². The van der Waals surface area contributed by atoms with Crippen LogP contribution < -0.4 is 0 Å². The van der Waals surface area contributed by atoms with Crippen molar-refractivity contribution >= 4 is 17.7 Å². The number of nitrogens with zero attached hydrogens (tertiary/aromatic N) is 3. The lowest BCUT2D eigenvalue weighted by atomic mass is 10.1. The minimum Gasteiger partial charge on any atom is -0.361 e. The highest BCUT2D eigenvalue weighted by Gasteiger charge is 2.37. The molecule has 3 amide bonds. The smallest absolute Gasteiger partial charge is 0.262 e. The van der Waals surface area contributed by atoms with Gasteiger partial charge in [0, 0.05) is 12.6 Å².